The fraction of sp³-hybridized carbons (Fsp3) is 0.294. The summed E-state index contributed by atoms with van der Waals surface area (Å²) in [7, 11) is 0. The minimum Gasteiger partial charge on any atom is -0.494 e. The number of nitrogens with zero attached hydrogens (tertiary/aromatic N) is 2. The largest absolute Gasteiger partial charge is 0.494 e. The Hall–Kier alpha value is -2.75. The van der Waals surface area contributed by atoms with Crippen LogP contribution in [0.3, 0.4) is 0 Å². The molecule has 1 heterocycles. The number of halogens is 3. The van der Waals surface area contributed by atoms with Gasteiger partial charge in [-0.15, -0.1) is 13.2 Å². The highest BCUT2D eigenvalue weighted by molar-refractivity contribution is 5.99. The molecule has 1 atom stereocenters. The lowest BCUT2D eigenvalue weighted by molar-refractivity contribution is -0.232. The van der Waals surface area contributed by atoms with Crippen LogP contribution in [0.1, 0.15) is 36.3 Å². The second-order valence-corrected chi connectivity index (χ2v) is 5.68. The summed E-state index contributed by atoms with van der Waals surface area (Å²) in [6.45, 7) is 0. The molecular formula is C17H13F3N2O2. The zero-order chi connectivity index (χ0) is 17.5. The van der Waals surface area contributed by atoms with Crippen molar-refractivity contribution < 1.29 is 23.1 Å². The van der Waals surface area contributed by atoms with Crippen molar-refractivity contribution in [2.45, 2.75) is 31.5 Å². The molecule has 0 amide bonds. The van der Waals surface area contributed by atoms with E-state index in [1.165, 1.54) is 6.07 Å². The summed E-state index contributed by atoms with van der Waals surface area (Å²) < 4.78 is 39.8. The number of hydrogen-bond acceptors (Lipinski definition) is 4. The minimum atomic E-state index is -4.81. The van der Waals surface area contributed by atoms with Crippen LogP contribution in [-0.2, 0) is 4.79 Å². The Kier molecular flexibility index (Phi) is 3.84. The van der Waals surface area contributed by atoms with Gasteiger partial charge in [-0.1, -0.05) is 12.1 Å². The molecule has 0 fully saturated rings. The van der Waals surface area contributed by atoms with E-state index in [4.69, 9.17) is 5.26 Å². The minimum absolute atomic E-state index is 0.0477. The summed E-state index contributed by atoms with van der Waals surface area (Å²) in [5.74, 6) is -2.09. The predicted octanol–water partition coefficient (Wildman–Crippen LogP) is 3.88. The number of carbonyl (C=O) groups is 1. The zero-order valence-electron chi connectivity index (χ0n) is 12.5. The van der Waals surface area contributed by atoms with Gasteiger partial charge in [-0.05, 0) is 36.6 Å². The number of aliphatic hydroxyl groups is 1. The van der Waals surface area contributed by atoms with Gasteiger partial charge < -0.3 is 5.11 Å². The third-order valence-electron chi connectivity index (χ3n) is 4.18. The van der Waals surface area contributed by atoms with E-state index in [9.17, 15) is 23.1 Å². The van der Waals surface area contributed by atoms with Gasteiger partial charge in [0.2, 0.25) is 0 Å². The van der Waals surface area contributed by atoms with E-state index in [0.29, 0.717) is 17.5 Å². The molecule has 124 valence electrons. The SMILES string of the molecule is N#Cc1cccc(C2C=C(O)N(C(F)(F)F)C3=C2C(=O)CCC3)c1. The van der Waals surface area contributed by atoms with Crippen molar-refractivity contribution in [3.05, 3.63) is 58.6 Å². The second-order valence-electron chi connectivity index (χ2n) is 5.68. The summed E-state index contributed by atoms with van der Waals surface area (Å²) in [5.41, 5.74) is 0.687. The number of carbonyl (C=O) groups excluding carboxylic acids is 1. The standard InChI is InChI=1S/C17H13F3N2O2/c18-17(19,20)22-13-5-2-6-14(23)16(13)12(8-15(22)24)11-4-1-3-10(7-11)9-21/h1,3-4,7-8,12,24H,2,5-6H2. The van der Waals surface area contributed by atoms with Gasteiger partial charge in [0.1, 0.15) is 0 Å². The van der Waals surface area contributed by atoms with Gasteiger partial charge in [-0.25, -0.2) is 4.90 Å². The number of allylic oxidation sites excluding steroid dienone is 3. The van der Waals surface area contributed by atoms with Crippen molar-refractivity contribution in [3.8, 4) is 6.07 Å². The number of benzene rings is 1. The Morgan fingerprint density at radius 1 is 1.29 bits per heavy atom. The molecule has 4 nitrogen and oxygen atoms in total. The summed E-state index contributed by atoms with van der Waals surface area (Å²) in [6, 6.07) is 8.27. The van der Waals surface area contributed by atoms with E-state index in [2.05, 4.69) is 0 Å². The van der Waals surface area contributed by atoms with Crippen molar-refractivity contribution in [1.29, 1.82) is 5.26 Å². The number of alkyl halides is 3. The molecule has 1 N–H and O–H groups in total. The van der Waals surface area contributed by atoms with Crippen LogP contribution < -0.4 is 0 Å². The predicted molar refractivity (Wildman–Crippen MR) is 78.4 cm³/mol. The van der Waals surface area contributed by atoms with Crippen molar-refractivity contribution in [3.63, 3.8) is 0 Å². The third-order valence-corrected chi connectivity index (χ3v) is 4.18. The maximum atomic E-state index is 13.3. The highest BCUT2D eigenvalue weighted by atomic mass is 19.4. The highest BCUT2D eigenvalue weighted by Crippen LogP contribution is 2.45. The Balaban J connectivity index is 2.17. The lowest BCUT2D eigenvalue weighted by Gasteiger charge is -2.37. The van der Waals surface area contributed by atoms with E-state index >= 15 is 0 Å². The Morgan fingerprint density at radius 2 is 2.04 bits per heavy atom. The molecule has 0 bridgehead atoms. The first-order chi connectivity index (χ1) is 11.3. The van der Waals surface area contributed by atoms with Gasteiger partial charge in [-0.2, -0.15) is 5.26 Å². The molecule has 1 unspecified atom stereocenters. The van der Waals surface area contributed by atoms with Crippen LogP contribution in [0.4, 0.5) is 13.2 Å². The summed E-state index contributed by atoms with van der Waals surface area (Å²) in [6.07, 6.45) is -3.24. The maximum Gasteiger partial charge on any atom is 0.491 e. The molecule has 24 heavy (non-hydrogen) atoms. The normalized spacial score (nSPS) is 21.2. The average molecular weight is 334 g/mol. The van der Waals surface area contributed by atoms with Crippen molar-refractivity contribution in [1.82, 2.24) is 4.90 Å². The van der Waals surface area contributed by atoms with Crippen molar-refractivity contribution >= 4 is 5.78 Å². The van der Waals surface area contributed by atoms with Crippen LogP contribution in [0, 0.1) is 11.3 Å². The van der Waals surface area contributed by atoms with E-state index in [-0.39, 0.29) is 34.8 Å². The zero-order valence-corrected chi connectivity index (χ0v) is 12.5. The van der Waals surface area contributed by atoms with E-state index < -0.39 is 18.1 Å². The Bertz CT molecular complexity index is 803. The number of aliphatic hydroxyl groups excluding tert-OH is 1. The maximum absolute atomic E-state index is 13.3. The van der Waals surface area contributed by atoms with E-state index in [1.807, 2.05) is 6.07 Å². The van der Waals surface area contributed by atoms with Gasteiger partial charge in [-0.3, -0.25) is 4.79 Å². The molecule has 1 aromatic rings. The molecule has 0 radical (unpaired) electrons. The molecule has 2 aliphatic rings. The summed E-state index contributed by atoms with van der Waals surface area (Å²) in [4.78, 5) is 12.2. The number of rotatable bonds is 1. The second kappa shape index (κ2) is 5.71. The first-order valence-electron chi connectivity index (χ1n) is 7.37. The lowest BCUT2D eigenvalue weighted by atomic mass is 9.79. The van der Waals surface area contributed by atoms with Gasteiger partial charge in [0, 0.05) is 23.6 Å². The first-order valence-corrected chi connectivity index (χ1v) is 7.37. The number of ketones is 1. The van der Waals surface area contributed by atoms with Crippen LogP contribution in [0.15, 0.2) is 47.5 Å². The third kappa shape index (κ3) is 2.64. The molecule has 0 saturated carbocycles. The molecule has 1 aliphatic carbocycles. The molecule has 7 heteroatoms. The fourth-order valence-corrected chi connectivity index (χ4v) is 3.22. The van der Waals surface area contributed by atoms with Crippen LogP contribution in [0.2, 0.25) is 0 Å². The monoisotopic (exact) mass is 334 g/mol. The summed E-state index contributed by atoms with van der Waals surface area (Å²) in [5, 5.41) is 18.9. The van der Waals surface area contributed by atoms with Gasteiger partial charge in [0.15, 0.2) is 11.7 Å². The van der Waals surface area contributed by atoms with E-state index in [1.54, 1.807) is 18.2 Å². The van der Waals surface area contributed by atoms with Gasteiger partial charge >= 0.3 is 6.30 Å². The molecule has 1 aliphatic heterocycles. The van der Waals surface area contributed by atoms with Crippen LogP contribution in [0.25, 0.3) is 0 Å². The fourth-order valence-electron chi connectivity index (χ4n) is 3.22. The number of Topliss-reactive ketones (excluding diaryl/α,β-unsaturated/α-hetero) is 1. The van der Waals surface area contributed by atoms with Crippen LogP contribution in [-0.4, -0.2) is 22.1 Å². The van der Waals surface area contributed by atoms with Crippen LogP contribution in [0.5, 0.6) is 0 Å². The quantitative estimate of drug-likeness (QED) is 0.792. The van der Waals surface area contributed by atoms with Crippen molar-refractivity contribution in [2.75, 3.05) is 0 Å². The van der Waals surface area contributed by atoms with Crippen molar-refractivity contribution in [2.24, 2.45) is 0 Å². The van der Waals surface area contributed by atoms with E-state index in [0.717, 1.165) is 6.08 Å². The Labute approximate surface area is 136 Å². The molecular weight excluding hydrogens is 321 g/mol. The molecule has 1 aromatic carbocycles. The smallest absolute Gasteiger partial charge is 0.491 e. The van der Waals surface area contributed by atoms with Gasteiger partial charge in [0.05, 0.1) is 11.6 Å². The number of nitriles is 1. The topological polar surface area (TPSA) is 64.3 Å². The molecule has 0 saturated heterocycles. The lowest BCUT2D eigenvalue weighted by Crippen LogP contribution is -2.42. The first kappa shape index (κ1) is 16.1. The molecule has 0 aromatic heterocycles. The number of hydrogen-bond donors (Lipinski definition) is 1. The van der Waals surface area contributed by atoms with Crippen LogP contribution >= 0.6 is 0 Å². The average Bonchev–Trinajstić information content (AvgIpc) is 2.53. The molecule has 3 rings (SSSR count). The van der Waals surface area contributed by atoms with Gasteiger partial charge in [0.25, 0.3) is 0 Å². The Morgan fingerprint density at radius 3 is 2.71 bits per heavy atom. The highest BCUT2D eigenvalue weighted by Gasteiger charge is 2.47. The summed E-state index contributed by atoms with van der Waals surface area (Å²) >= 11 is 0. The molecule has 0 spiro atoms.